The van der Waals surface area contributed by atoms with E-state index in [1.165, 1.54) is 0 Å². The Balaban J connectivity index is 2.18. The second kappa shape index (κ2) is 5.40. The Bertz CT molecular complexity index is 765. The van der Waals surface area contributed by atoms with Crippen LogP contribution in [0.2, 0.25) is 0 Å². The van der Waals surface area contributed by atoms with E-state index in [2.05, 4.69) is 4.98 Å². The zero-order chi connectivity index (χ0) is 14.8. The molecule has 1 aromatic heterocycles. The van der Waals surface area contributed by atoms with Crippen molar-refractivity contribution in [1.29, 1.82) is 0 Å². The Hall–Kier alpha value is -2.62. The molecule has 1 heterocycles. The molecule has 0 bridgehead atoms. The maximum atomic E-state index is 11.3. The van der Waals surface area contributed by atoms with Crippen LogP contribution < -0.4 is 0 Å². The van der Waals surface area contributed by atoms with Gasteiger partial charge in [-0.25, -0.2) is 0 Å². The summed E-state index contributed by atoms with van der Waals surface area (Å²) in [5.41, 5.74) is 2.94. The van der Waals surface area contributed by atoms with Crippen molar-refractivity contribution in [3.05, 3.63) is 82.0 Å². The topological polar surface area (TPSA) is 58.9 Å². The molecule has 2 atom stereocenters. The lowest BCUT2D eigenvalue weighted by Gasteiger charge is -2.18. The fourth-order valence-electron chi connectivity index (χ4n) is 2.85. The van der Waals surface area contributed by atoms with E-state index in [0.717, 1.165) is 22.0 Å². The van der Waals surface area contributed by atoms with E-state index in [-0.39, 0.29) is 10.8 Å². The van der Waals surface area contributed by atoms with E-state index in [1.807, 2.05) is 60.8 Å². The predicted molar refractivity (Wildman–Crippen MR) is 83.0 cm³/mol. The summed E-state index contributed by atoms with van der Waals surface area (Å²) in [6, 6.07) is 16.9. The van der Waals surface area contributed by atoms with Gasteiger partial charge in [0.1, 0.15) is 0 Å². The molecule has 106 valence electrons. The van der Waals surface area contributed by atoms with Gasteiger partial charge in [-0.2, -0.15) is 0 Å². The Labute approximate surface area is 122 Å². The molecule has 21 heavy (non-hydrogen) atoms. The van der Waals surface area contributed by atoms with Crippen LogP contribution in [0.5, 0.6) is 0 Å². The predicted octanol–water partition coefficient (Wildman–Crippen LogP) is 3.97. The molecule has 1 N–H and O–H groups in total. The van der Waals surface area contributed by atoms with Gasteiger partial charge in [-0.1, -0.05) is 48.5 Å². The summed E-state index contributed by atoms with van der Waals surface area (Å²) in [6.07, 6.45) is 1.89. The van der Waals surface area contributed by atoms with Crippen LogP contribution in [0.25, 0.3) is 10.9 Å². The average molecular weight is 280 g/mol. The molecule has 2 aromatic carbocycles. The fourth-order valence-corrected chi connectivity index (χ4v) is 2.85. The zero-order valence-corrected chi connectivity index (χ0v) is 11.7. The van der Waals surface area contributed by atoms with Crippen LogP contribution in [0.3, 0.4) is 0 Å². The van der Waals surface area contributed by atoms with Gasteiger partial charge in [-0.15, -0.1) is 0 Å². The zero-order valence-electron chi connectivity index (χ0n) is 11.7. The van der Waals surface area contributed by atoms with Gasteiger partial charge in [0.05, 0.1) is 5.92 Å². The van der Waals surface area contributed by atoms with Gasteiger partial charge < -0.3 is 4.98 Å². The van der Waals surface area contributed by atoms with Crippen LogP contribution in [0.4, 0.5) is 0 Å². The van der Waals surface area contributed by atoms with E-state index in [9.17, 15) is 10.1 Å². The van der Waals surface area contributed by atoms with Gasteiger partial charge in [-0.3, -0.25) is 10.1 Å². The number of hydrogen-bond acceptors (Lipinski definition) is 2. The largest absolute Gasteiger partial charge is 0.361 e. The van der Waals surface area contributed by atoms with Crippen molar-refractivity contribution in [3.63, 3.8) is 0 Å². The monoisotopic (exact) mass is 280 g/mol. The summed E-state index contributed by atoms with van der Waals surface area (Å²) in [5, 5.41) is 12.4. The van der Waals surface area contributed by atoms with Crippen LogP contribution in [0.15, 0.2) is 60.8 Å². The lowest BCUT2D eigenvalue weighted by atomic mass is 9.86. The quantitative estimate of drug-likeness (QED) is 0.580. The van der Waals surface area contributed by atoms with Crippen molar-refractivity contribution in [2.75, 3.05) is 0 Å². The summed E-state index contributed by atoms with van der Waals surface area (Å²) in [5.74, 6) is -0.266. The molecule has 3 rings (SSSR count). The molecular formula is C17H16N2O2. The normalized spacial score (nSPS) is 14.0. The van der Waals surface area contributed by atoms with E-state index in [0.29, 0.717) is 0 Å². The highest BCUT2D eigenvalue weighted by molar-refractivity contribution is 5.84. The van der Waals surface area contributed by atoms with Gasteiger partial charge in [0.15, 0.2) is 0 Å². The number of benzene rings is 2. The number of nitro groups is 1. The number of nitrogens with zero attached hydrogens (tertiary/aromatic N) is 1. The molecule has 0 fully saturated rings. The molecule has 0 aliphatic heterocycles. The smallest absolute Gasteiger partial charge is 0.221 e. The summed E-state index contributed by atoms with van der Waals surface area (Å²) >= 11 is 0. The summed E-state index contributed by atoms with van der Waals surface area (Å²) < 4.78 is 0. The van der Waals surface area contributed by atoms with Crippen LogP contribution in [0.1, 0.15) is 24.0 Å². The minimum absolute atomic E-state index is 0.209. The average Bonchev–Trinajstić information content (AvgIpc) is 2.93. The van der Waals surface area contributed by atoms with Crippen LogP contribution in [-0.2, 0) is 0 Å². The van der Waals surface area contributed by atoms with Gasteiger partial charge in [0, 0.05) is 28.9 Å². The second-order valence-corrected chi connectivity index (χ2v) is 5.20. The summed E-state index contributed by atoms with van der Waals surface area (Å²) in [7, 11) is 0. The van der Waals surface area contributed by atoms with Crippen molar-refractivity contribution in [3.8, 4) is 0 Å². The minimum atomic E-state index is -0.688. The number of fused-ring (bicyclic) bond motifs is 1. The molecule has 2 unspecified atom stereocenters. The SMILES string of the molecule is CC(C(c1ccccc1)c1c[nH]c2ccccc12)[N+](=O)[O-]. The third kappa shape index (κ3) is 2.40. The lowest BCUT2D eigenvalue weighted by molar-refractivity contribution is -0.520. The summed E-state index contributed by atoms with van der Waals surface area (Å²) in [4.78, 5) is 14.3. The third-order valence-electron chi connectivity index (χ3n) is 3.93. The maximum Gasteiger partial charge on any atom is 0.221 e. The Morgan fingerprint density at radius 2 is 1.71 bits per heavy atom. The maximum absolute atomic E-state index is 11.3. The Morgan fingerprint density at radius 1 is 1.05 bits per heavy atom. The number of rotatable bonds is 4. The van der Waals surface area contributed by atoms with Gasteiger partial charge in [0.25, 0.3) is 0 Å². The minimum Gasteiger partial charge on any atom is -0.361 e. The van der Waals surface area contributed by atoms with Crippen molar-refractivity contribution >= 4 is 10.9 Å². The van der Waals surface area contributed by atoms with Crippen molar-refractivity contribution in [1.82, 2.24) is 4.98 Å². The molecule has 0 aliphatic carbocycles. The van der Waals surface area contributed by atoms with Crippen LogP contribution in [0, 0.1) is 10.1 Å². The van der Waals surface area contributed by atoms with Crippen molar-refractivity contribution < 1.29 is 4.92 Å². The number of nitrogens with one attached hydrogen (secondary N) is 1. The summed E-state index contributed by atoms with van der Waals surface area (Å²) in [6.45, 7) is 1.67. The molecular weight excluding hydrogens is 264 g/mol. The first-order valence-electron chi connectivity index (χ1n) is 6.93. The van der Waals surface area contributed by atoms with E-state index < -0.39 is 6.04 Å². The van der Waals surface area contributed by atoms with Gasteiger partial charge in [0.2, 0.25) is 6.04 Å². The lowest BCUT2D eigenvalue weighted by Crippen LogP contribution is -2.25. The number of hydrogen-bond donors (Lipinski definition) is 1. The third-order valence-corrected chi connectivity index (χ3v) is 3.93. The van der Waals surface area contributed by atoms with Gasteiger partial charge in [-0.05, 0) is 17.2 Å². The fraction of sp³-hybridized carbons (Fsp3) is 0.176. The van der Waals surface area contributed by atoms with E-state index in [1.54, 1.807) is 6.92 Å². The molecule has 0 amide bonds. The molecule has 0 spiro atoms. The number of para-hydroxylation sites is 1. The van der Waals surface area contributed by atoms with Crippen LogP contribution in [-0.4, -0.2) is 15.9 Å². The number of H-pyrrole nitrogens is 1. The first-order chi connectivity index (χ1) is 10.2. The highest BCUT2D eigenvalue weighted by Gasteiger charge is 2.31. The van der Waals surface area contributed by atoms with Crippen molar-refractivity contribution in [2.24, 2.45) is 0 Å². The van der Waals surface area contributed by atoms with Gasteiger partial charge >= 0.3 is 0 Å². The van der Waals surface area contributed by atoms with Crippen LogP contribution >= 0.6 is 0 Å². The molecule has 3 aromatic rings. The standard InChI is InChI=1S/C17H16N2O2/c1-12(19(20)21)17(13-7-3-2-4-8-13)15-11-18-16-10-6-5-9-14(15)16/h2-12,17-18H,1H3. The first-order valence-corrected chi connectivity index (χ1v) is 6.93. The highest BCUT2D eigenvalue weighted by atomic mass is 16.6. The molecule has 0 saturated heterocycles. The second-order valence-electron chi connectivity index (χ2n) is 5.20. The highest BCUT2D eigenvalue weighted by Crippen LogP contribution is 2.34. The molecule has 4 heteroatoms. The molecule has 0 aliphatic rings. The molecule has 0 saturated carbocycles. The van der Waals surface area contributed by atoms with Crippen molar-refractivity contribution in [2.45, 2.75) is 18.9 Å². The molecule has 4 nitrogen and oxygen atoms in total. The first kappa shape index (κ1) is 13.4. The Kier molecular flexibility index (Phi) is 3.44. The number of aromatic amines is 1. The van der Waals surface area contributed by atoms with E-state index >= 15 is 0 Å². The van der Waals surface area contributed by atoms with E-state index in [4.69, 9.17) is 0 Å². The molecule has 0 radical (unpaired) electrons. The number of aromatic nitrogens is 1. The Morgan fingerprint density at radius 3 is 2.43 bits per heavy atom.